The fourth-order valence-corrected chi connectivity index (χ4v) is 1.20. The molecule has 0 bridgehead atoms. The Hall–Kier alpha value is -1.69. The van der Waals surface area contributed by atoms with Crippen LogP contribution in [0.1, 0.15) is 0 Å². The highest BCUT2D eigenvalue weighted by molar-refractivity contribution is 5.92. The van der Waals surface area contributed by atoms with Gasteiger partial charge in [0.1, 0.15) is 5.75 Å². The maximum atomic E-state index is 11.8. The Kier molecular flexibility index (Phi) is 5.35. The van der Waals surface area contributed by atoms with Crippen LogP contribution in [0, 0.1) is 0 Å². The van der Waals surface area contributed by atoms with Gasteiger partial charge in [0.15, 0.2) is 0 Å². The SMILES string of the molecule is COc1cccc(NC(=O)CNCC(F)F)c1. The number of halogens is 2. The predicted octanol–water partition coefficient (Wildman–Crippen LogP) is 1.49. The fraction of sp³-hybridized carbons (Fsp3) is 0.364. The largest absolute Gasteiger partial charge is 0.497 e. The lowest BCUT2D eigenvalue weighted by atomic mass is 10.3. The maximum Gasteiger partial charge on any atom is 0.250 e. The number of alkyl halides is 2. The molecule has 0 unspecified atom stereocenters. The molecule has 2 N–H and O–H groups in total. The van der Waals surface area contributed by atoms with E-state index in [1.165, 1.54) is 7.11 Å². The average Bonchev–Trinajstić information content (AvgIpc) is 2.28. The van der Waals surface area contributed by atoms with Crippen LogP contribution in [-0.2, 0) is 4.79 Å². The molecular formula is C11H14F2N2O2. The van der Waals surface area contributed by atoms with Gasteiger partial charge in [0.05, 0.1) is 20.2 Å². The minimum atomic E-state index is -2.46. The van der Waals surface area contributed by atoms with Gasteiger partial charge in [0.25, 0.3) is 6.43 Å². The Morgan fingerprint density at radius 3 is 2.88 bits per heavy atom. The van der Waals surface area contributed by atoms with Gasteiger partial charge >= 0.3 is 0 Å². The van der Waals surface area contributed by atoms with Gasteiger partial charge in [-0.3, -0.25) is 4.79 Å². The van der Waals surface area contributed by atoms with Crippen LogP contribution in [0.5, 0.6) is 5.75 Å². The van der Waals surface area contributed by atoms with Gasteiger partial charge < -0.3 is 15.4 Å². The third-order valence-corrected chi connectivity index (χ3v) is 1.94. The molecule has 1 amide bonds. The summed E-state index contributed by atoms with van der Waals surface area (Å²) < 4.78 is 28.6. The molecule has 0 spiro atoms. The molecule has 6 heteroatoms. The summed E-state index contributed by atoms with van der Waals surface area (Å²) >= 11 is 0. The molecule has 0 atom stereocenters. The zero-order valence-electron chi connectivity index (χ0n) is 9.37. The van der Waals surface area contributed by atoms with Gasteiger partial charge in [-0.25, -0.2) is 8.78 Å². The number of methoxy groups -OCH3 is 1. The molecule has 0 saturated carbocycles. The van der Waals surface area contributed by atoms with Crippen molar-refractivity contribution in [1.82, 2.24) is 5.32 Å². The summed E-state index contributed by atoms with van der Waals surface area (Å²) in [7, 11) is 1.52. The monoisotopic (exact) mass is 244 g/mol. The van der Waals surface area contributed by atoms with E-state index < -0.39 is 13.0 Å². The van der Waals surface area contributed by atoms with Gasteiger partial charge in [-0.15, -0.1) is 0 Å². The molecule has 0 aliphatic rings. The van der Waals surface area contributed by atoms with Crippen LogP contribution in [0.2, 0.25) is 0 Å². The average molecular weight is 244 g/mol. The lowest BCUT2D eigenvalue weighted by Crippen LogP contribution is -2.31. The smallest absolute Gasteiger partial charge is 0.250 e. The molecular weight excluding hydrogens is 230 g/mol. The van der Waals surface area contributed by atoms with E-state index in [-0.39, 0.29) is 12.5 Å². The third kappa shape index (κ3) is 5.26. The lowest BCUT2D eigenvalue weighted by molar-refractivity contribution is -0.115. The summed E-state index contributed by atoms with van der Waals surface area (Å²) in [5, 5.41) is 4.90. The van der Waals surface area contributed by atoms with Crippen molar-refractivity contribution in [2.75, 3.05) is 25.5 Å². The second-order valence-corrected chi connectivity index (χ2v) is 3.30. The number of rotatable bonds is 6. The summed E-state index contributed by atoms with van der Waals surface area (Å²) in [6, 6.07) is 6.80. The van der Waals surface area contributed by atoms with Crippen molar-refractivity contribution in [3.63, 3.8) is 0 Å². The van der Waals surface area contributed by atoms with E-state index in [1.54, 1.807) is 24.3 Å². The topological polar surface area (TPSA) is 50.4 Å². The van der Waals surface area contributed by atoms with Gasteiger partial charge in [-0.1, -0.05) is 6.07 Å². The van der Waals surface area contributed by atoms with Gasteiger partial charge in [-0.05, 0) is 12.1 Å². The van der Waals surface area contributed by atoms with Gasteiger partial charge in [0, 0.05) is 11.8 Å². The van der Waals surface area contributed by atoms with E-state index in [2.05, 4.69) is 10.6 Å². The maximum absolute atomic E-state index is 11.8. The molecule has 1 aromatic carbocycles. The van der Waals surface area contributed by atoms with E-state index in [0.717, 1.165) is 0 Å². The van der Waals surface area contributed by atoms with Crippen molar-refractivity contribution < 1.29 is 18.3 Å². The van der Waals surface area contributed by atoms with Crippen molar-refractivity contribution >= 4 is 11.6 Å². The number of carbonyl (C=O) groups is 1. The van der Waals surface area contributed by atoms with Crippen molar-refractivity contribution in [1.29, 1.82) is 0 Å². The van der Waals surface area contributed by atoms with E-state index in [1.807, 2.05) is 0 Å². The second-order valence-electron chi connectivity index (χ2n) is 3.30. The molecule has 0 aliphatic carbocycles. The number of benzene rings is 1. The fourth-order valence-electron chi connectivity index (χ4n) is 1.20. The first-order valence-corrected chi connectivity index (χ1v) is 5.04. The number of hydrogen-bond acceptors (Lipinski definition) is 3. The number of amides is 1. The Morgan fingerprint density at radius 2 is 2.24 bits per heavy atom. The molecule has 0 aliphatic heterocycles. The first-order chi connectivity index (χ1) is 8.11. The summed E-state index contributed by atoms with van der Waals surface area (Å²) in [4.78, 5) is 11.3. The molecule has 0 saturated heterocycles. The van der Waals surface area contributed by atoms with Crippen LogP contribution in [-0.4, -0.2) is 32.5 Å². The van der Waals surface area contributed by atoms with Crippen LogP contribution in [0.25, 0.3) is 0 Å². The highest BCUT2D eigenvalue weighted by Gasteiger charge is 2.05. The van der Waals surface area contributed by atoms with E-state index in [0.29, 0.717) is 11.4 Å². The minimum Gasteiger partial charge on any atom is -0.497 e. The minimum absolute atomic E-state index is 0.151. The number of hydrogen-bond donors (Lipinski definition) is 2. The van der Waals surface area contributed by atoms with Gasteiger partial charge in [0.2, 0.25) is 5.91 Å². The molecule has 0 radical (unpaired) electrons. The molecule has 17 heavy (non-hydrogen) atoms. The van der Waals surface area contributed by atoms with Crippen LogP contribution in [0.3, 0.4) is 0 Å². The van der Waals surface area contributed by atoms with Gasteiger partial charge in [-0.2, -0.15) is 0 Å². The highest BCUT2D eigenvalue weighted by Crippen LogP contribution is 2.16. The number of nitrogens with one attached hydrogen (secondary N) is 2. The third-order valence-electron chi connectivity index (χ3n) is 1.94. The number of ether oxygens (including phenoxy) is 1. The normalized spacial score (nSPS) is 10.4. The quantitative estimate of drug-likeness (QED) is 0.797. The summed E-state index contributed by atoms with van der Waals surface area (Å²) in [6.07, 6.45) is -2.46. The number of carbonyl (C=O) groups excluding carboxylic acids is 1. The summed E-state index contributed by atoms with van der Waals surface area (Å²) in [6.45, 7) is -0.646. The zero-order chi connectivity index (χ0) is 12.7. The molecule has 4 nitrogen and oxygen atoms in total. The molecule has 94 valence electrons. The van der Waals surface area contributed by atoms with Crippen LogP contribution in [0.4, 0.5) is 14.5 Å². The predicted molar refractivity (Wildman–Crippen MR) is 60.5 cm³/mol. The zero-order valence-corrected chi connectivity index (χ0v) is 9.37. The van der Waals surface area contributed by atoms with Crippen molar-refractivity contribution in [2.45, 2.75) is 6.43 Å². The molecule has 1 rings (SSSR count). The Balaban J connectivity index is 2.39. The molecule has 0 aromatic heterocycles. The molecule has 0 fully saturated rings. The van der Waals surface area contributed by atoms with Crippen LogP contribution >= 0.6 is 0 Å². The molecule has 1 aromatic rings. The van der Waals surface area contributed by atoms with E-state index in [4.69, 9.17) is 4.74 Å². The Morgan fingerprint density at radius 1 is 1.47 bits per heavy atom. The van der Waals surface area contributed by atoms with E-state index in [9.17, 15) is 13.6 Å². The first kappa shape index (κ1) is 13.4. The highest BCUT2D eigenvalue weighted by atomic mass is 19.3. The molecule has 0 heterocycles. The number of anilines is 1. The Bertz CT molecular complexity index is 372. The Labute approximate surface area is 98.0 Å². The summed E-state index contributed by atoms with van der Waals surface area (Å²) in [5.74, 6) is 0.238. The van der Waals surface area contributed by atoms with Crippen molar-refractivity contribution in [3.8, 4) is 5.75 Å². The second kappa shape index (κ2) is 6.80. The van der Waals surface area contributed by atoms with Crippen LogP contribution in [0.15, 0.2) is 24.3 Å². The van der Waals surface area contributed by atoms with Crippen molar-refractivity contribution in [3.05, 3.63) is 24.3 Å². The van der Waals surface area contributed by atoms with E-state index >= 15 is 0 Å². The lowest BCUT2D eigenvalue weighted by Gasteiger charge is -2.07. The summed E-state index contributed by atoms with van der Waals surface area (Å²) in [5.41, 5.74) is 0.563. The first-order valence-electron chi connectivity index (χ1n) is 5.04. The van der Waals surface area contributed by atoms with Crippen molar-refractivity contribution in [2.24, 2.45) is 0 Å². The van der Waals surface area contributed by atoms with Crippen LogP contribution < -0.4 is 15.4 Å². The standard InChI is InChI=1S/C11H14F2N2O2/c1-17-9-4-2-3-8(5-9)15-11(16)7-14-6-10(12)13/h2-5,10,14H,6-7H2,1H3,(H,15,16).